The van der Waals surface area contributed by atoms with Gasteiger partial charge in [0.25, 0.3) is 0 Å². The normalized spacial score (nSPS) is 37.6. The summed E-state index contributed by atoms with van der Waals surface area (Å²) in [5.41, 5.74) is 0. The number of ketones is 3. The lowest BCUT2D eigenvalue weighted by Gasteiger charge is -2.42. The molecule has 0 spiro atoms. The summed E-state index contributed by atoms with van der Waals surface area (Å²) < 4.78 is 0. The van der Waals surface area contributed by atoms with E-state index in [1.165, 1.54) is 6.92 Å². The van der Waals surface area contributed by atoms with E-state index in [2.05, 4.69) is 0 Å². The zero-order chi connectivity index (χ0) is 13.3. The lowest BCUT2D eigenvalue weighted by molar-refractivity contribution is -0.141. The van der Waals surface area contributed by atoms with Gasteiger partial charge < -0.3 is 0 Å². The summed E-state index contributed by atoms with van der Waals surface area (Å²) in [6.07, 6.45) is 0.661. The van der Waals surface area contributed by atoms with Crippen molar-refractivity contribution < 1.29 is 14.4 Å². The van der Waals surface area contributed by atoms with E-state index in [0.29, 0.717) is 6.42 Å². The van der Waals surface area contributed by atoms with Crippen LogP contribution in [0.1, 0.15) is 41.0 Å². The van der Waals surface area contributed by atoms with Crippen molar-refractivity contribution in [1.82, 2.24) is 0 Å². The second-order valence-corrected chi connectivity index (χ2v) is 5.56. The van der Waals surface area contributed by atoms with E-state index in [9.17, 15) is 14.4 Å². The van der Waals surface area contributed by atoms with Crippen molar-refractivity contribution in [3.8, 4) is 0 Å². The molecule has 0 amide bonds. The molecule has 0 bridgehead atoms. The molecule has 1 saturated carbocycles. The molecule has 0 radical (unpaired) electrons. The van der Waals surface area contributed by atoms with E-state index in [1.807, 2.05) is 13.8 Å². The molecule has 0 aromatic carbocycles. The fourth-order valence-corrected chi connectivity index (χ4v) is 3.65. The third-order valence-electron chi connectivity index (χ3n) is 4.27. The van der Waals surface area contributed by atoms with Gasteiger partial charge in [-0.15, -0.1) is 0 Å². The van der Waals surface area contributed by atoms with Gasteiger partial charge in [0, 0.05) is 17.8 Å². The SMILES string of the molecule is CC(=O)C1CC(C)C(C(C)=O)[C@@H](C)C1C(C)=O. The third kappa shape index (κ3) is 2.64. The summed E-state index contributed by atoms with van der Waals surface area (Å²) in [5, 5.41) is 0. The van der Waals surface area contributed by atoms with Crippen LogP contribution in [0.5, 0.6) is 0 Å². The molecule has 1 aliphatic rings. The van der Waals surface area contributed by atoms with Crippen LogP contribution in [0, 0.1) is 29.6 Å². The molecule has 0 N–H and O–H groups in total. The van der Waals surface area contributed by atoms with Crippen molar-refractivity contribution in [3.05, 3.63) is 0 Å². The van der Waals surface area contributed by atoms with E-state index in [1.54, 1.807) is 13.8 Å². The highest BCUT2D eigenvalue weighted by atomic mass is 16.1. The van der Waals surface area contributed by atoms with E-state index in [4.69, 9.17) is 0 Å². The Morgan fingerprint density at radius 2 is 1.29 bits per heavy atom. The van der Waals surface area contributed by atoms with Crippen LogP contribution >= 0.6 is 0 Å². The molecule has 1 fully saturated rings. The Morgan fingerprint density at radius 3 is 1.65 bits per heavy atom. The van der Waals surface area contributed by atoms with Crippen LogP contribution in [-0.2, 0) is 14.4 Å². The Balaban J connectivity index is 3.08. The first-order valence-corrected chi connectivity index (χ1v) is 6.28. The third-order valence-corrected chi connectivity index (χ3v) is 4.27. The van der Waals surface area contributed by atoms with E-state index in [-0.39, 0.29) is 46.9 Å². The van der Waals surface area contributed by atoms with Crippen LogP contribution < -0.4 is 0 Å². The molecule has 1 aliphatic carbocycles. The maximum Gasteiger partial charge on any atom is 0.133 e. The minimum absolute atomic E-state index is 0.0253. The molecule has 5 atom stereocenters. The molecule has 3 heteroatoms. The van der Waals surface area contributed by atoms with Gasteiger partial charge in [0.2, 0.25) is 0 Å². The minimum Gasteiger partial charge on any atom is -0.300 e. The lowest BCUT2D eigenvalue weighted by atomic mass is 9.60. The maximum atomic E-state index is 11.7. The Hall–Kier alpha value is -0.990. The molecule has 0 heterocycles. The number of carbonyl (C=O) groups is 3. The molecular formula is C14H22O3. The fourth-order valence-electron chi connectivity index (χ4n) is 3.65. The Kier molecular flexibility index (Phi) is 4.23. The average Bonchev–Trinajstić information content (AvgIpc) is 2.14. The molecular weight excluding hydrogens is 216 g/mol. The molecule has 4 unspecified atom stereocenters. The van der Waals surface area contributed by atoms with Crippen molar-refractivity contribution in [2.24, 2.45) is 29.6 Å². The number of hydrogen-bond acceptors (Lipinski definition) is 3. The number of carbonyl (C=O) groups excluding carboxylic acids is 3. The molecule has 0 aromatic heterocycles. The van der Waals surface area contributed by atoms with Crippen LogP contribution in [0.2, 0.25) is 0 Å². The zero-order valence-corrected chi connectivity index (χ0v) is 11.3. The highest BCUT2D eigenvalue weighted by Crippen LogP contribution is 2.43. The van der Waals surface area contributed by atoms with Crippen molar-refractivity contribution in [2.45, 2.75) is 41.0 Å². The maximum absolute atomic E-state index is 11.7. The first-order chi connectivity index (χ1) is 7.77. The quantitative estimate of drug-likeness (QED) is 0.758. The molecule has 96 valence electrons. The van der Waals surface area contributed by atoms with Crippen molar-refractivity contribution >= 4 is 17.3 Å². The van der Waals surface area contributed by atoms with Gasteiger partial charge in [-0.2, -0.15) is 0 Å². The predicted octanol–water partition coefficient (Wildman–Crippen LogP) is 2.28. The van der Waals surface area contributed by atoms with E-state index in [0.717, 1.165) is 0 Å². The summed E-state index contributed by atoms with van der Waals surface area (Å²) in [6.45, 7) is 8.61. The largest absolute Gasteiger partial charge is 0.300 e. The van der Waals surface area contributed by atoms with Crippen molar-refractivity contribution in [2.75, 3.05) is 0 Å². The summed E-state index contributed by atoms with van der Waals surface area (Å²) in [4.78, 5) is 35.0. The monoisotopic (exact) mass is 238 g/mol. The van der Waals surface area contributed by atoms with E-state index < -0.39 is 0 Å². The Bertz CT molecular complexity index is 345. The van der Waals surface area contributed by atoms with Crippen molar-refractivity contribution in [3.63, 3.8) is 0 Å². The van der Waals surface area contributed by atoms with Crippen LogP contribution in [-0.4, -0.2) is 17.3 Å². The molecule has 17 heavy (non-hydrogen) atoms. The van der Waals surface area contributed by atoms with E-state index >= 15 is 0 Å². The summed E-state index contributed by atoms with van der Waals surface area (Å²) in [6, 6.07) is 0. The topological polar surface area (TPSA) is 51.2 Å². The van der Waals surface area contributed by atoms with Crippen LogP contribution in [0.25, 0.3) is 0 Å². The first-order valence-electron chi connectivity index (χ1n) is 6.28. The van der Waals surface area contributed by atoms with Gasteiger partial charge >= 0.3 is 0 Å². The number of hydrogen-bond donors (Lipinski definition) is 0. The second-order valence-electron chi connectivity index (χ2n) is 5.56. The zero-order valence-electron chi connectivity index (χ0n) is 11.3. The Morgan fingerprint density at radius 1 is 0.824 bits per heavy atom. The lowest BCUT2D eigenvalue weighted by Crippen LogP contribution is -2.46. The Labute approximate surface area is 103 Å². The van der Waals surface area contributed by atoms with Gasteiger partial charge in [-0.3, -0.25) is 14.4 Å². The molecule has 1 rings (SSSR count). The average molecular weight is 238 g/mol. The summed E-state index contributed by atoms with van der Waals surface area (Å²) in [5.74, 6) is -0.153. The van der Waals surface area contributed by atoms with Crippen LogP contribution in [0.15, 0.2) is 0 Å². The summed E-state index contributed by atoms with van der Waals surface area (Å²) >= 11 is 0. The molecule has 3 nitrogen and oxygen atoms in total. The number of Topliss-reactive ketones (excluding diaryl/α,β-unsaturated/α-hetero) is 3. The minimum atomic E-state index is -0.280. The van der Waals surface area contributed by atoms with Crippen LogP contribution in [0.4, 0.5) is 0 Å². The second kappa shape index (κ2) is 5.11. The number of rotatable bonds is 3. The highest BCUT2D eigenvalue weighted by molar-refractivity contribution is 5.89. The highest BCUT2D eigenvalue weighted by Gasteiger charge is 2.46. The fraction of sp³-hybridized carbons (Fsp3) is 0.786. The molecule has 0 aromatic rings. The molecule has 0 aliphatic heterocycles. The summed E-state index contributed by atoms with van der Waals surface area (Å²) in [7, 11) is 0. The van der Waals surface area contributed by atoms with Crippen LogP contribution in [0.3, 0.4) is 0 Å². The standard InChI is InChI=1S/C14H22O3/c1-7-6-12(9(3)15)14(11(5)17)8(2)13(7)10(4)16/h7-8,12-14H,6H2,1-5H3/t7?,8-,12?,13?,14?/m1/s1. The molecule has 0 saturated heterocycles. The van der Waals surface area contributed by atoms with Crippen molar-refractivity contribution in [1.29, 1.82) is 0 Å². The predicted molar refractivity (Wildman–Crippen MR) is 65.5 cm³/mol. The van der Waals surface area contributed by atoms with Gasteiger partial charge in [-0.25, -0.2) is 0 Å². The van der Waals surface area contributed by atoms with Gasteiger partial charge in [0.1, 0.15) is 17.3 Å². The first kappa shape index (κ1) is 14.1. The van der Waals surface area contributed by atoms with Gasteiger partial charge in [-0.1, -0.05) is 13.8 Å². The smallest absolute Gasteiger partial charge is 0.133 e. The van der Waals surface area contributed by atoms with Gasteiger partial charge in [-0.05, 0) is 39.0 Å². The van der Waals surface area contributed by atoms with Gasteiger partial charge in [0.15, 0.2) is 0 Å². The van der Waals surface area contributed by atoms with Gasteiger partial charge in [0.05, 0.1) is 0 Å².